The molecule has 0 spiro atoms. The van der Waals surface area contributed by atoms with Gasteiger partial charge in [0.25, 0.3) is 5.69 Å². The van der Waals surface area contributed by atoms with Crippen molar-refractivity contribution in [1.29, 1.82) is 0 Å². The van der Waals surface area contributed by atoms with Crippen molar-refractivity contribution in [1.82, 2.24) is 4.98 Å². The summed E-state index contributed by atoms with van der Waals surface area (Å²) >= 11 is 25.1. The van der Waals surface area contributed by atoms with Crippen LogP contribution in [0.25, 0.3) is 22.4 Å². The number of hydrogen-bond donors (Lipinski definition) is 0. The Hall–Kier alpha value is -1.85. The van der Waals surface area contributed by atoms with Crippen molar-refractivity contribution in [2.45, 2.75) is 0 Å². The van der Waals surface area contributed by atoms with Gasteiger partial charge in [0.1, 0.15) is 6.20 Å². The highest BCUT2D eigenvalue weighted by atomic mass is 35.5. The van der Waals surface area contributed by atoms with Crippen molar-refractivity contribution < 1.29 is 4.92 Å². The molecule has 3 rings (SSSR count). The van der Waals surface area contributed by atoms with Gasteiger partial charge in [-0.05, 0) is 24.3 Å². The quantitative estimate of drug-likeness (QED) is 0.345. The number of nitrogens with zero attached hydrogens (tertiary/aromatic N) is 2. The molecule has 2 aromatic carbocycles. The molecule has 0 bridgehead atoms. The molecule has 0 aliphatic carbocycles. The van der Waals surface area contributed by atoms with Gasteiger partial charge in [0.05, 0.1) is 20.7 Å². The van der Waals surface area contributed by atoms with E-state index in [2.05, 4.69) is 4.98 Å². The molecule has 25 heavy (non-hydrogen) atoms. The number of pyridine rings is 1. The van der Waals surface area contributed by atoms with Gasteiger partial charge in [0.2, 0.25) is 0 Å². The van der Waals surface area contributed by atoms with Crippen molar-refractivity contribution in [3.63, 3.8) is 0 Å². The van der Waals surface area contributed by atoms with Crippen LogP contribution < -0.4 is 0 Å². The molecule has 0 unspecified atom stereocenters. The van der Waals surface area contributed by atoms with E-state index in [0.717, 1.165) is 6.20 Å². The van der Waals surface area contributed by atoms with Crippen LogP contribution in [0.2, 0.25) is 20.1 Å². The van der Waals surface area contributed by atoms with Crippen LogP contribution in [0, 0.1) is 10.1 Å². The summed E-state index contributed by atoms with van der Waals surface area (Å²) in [6.07, 6.45) is 1.14. The first-order chi connectivity index (χ1) is 11.9. The standard InChI is InChI=1S/C17H8Cl4N2O2/c18-11-3-1-4-12(19)15(11)10-7-9(23(24)25)8-22-17(10)16-13(20)5-2-6-14(16)21/h1-8H. The summed E-state index contributed by atoms with van der Waals surface area (Å²) in [5.74, 6) is 0. The van der Waals surface area contributed by atoms with Crippen LogP contribution in [0.4, 0.5) is 5.69 Å². The Balaban J connectivity index is 2.40. The highest BCUT2D eigenvalue weighted by molar-refractivity contribution is 6.41. The maximum absolute atomic E-state index is 11.2. The van der Waals surface area contributed by atoms with E-state index in [1.54, 1.807) is 36.4 Å². The molecule has 0 radical (unpaired) electrons. The van der Waals surface area contributed by atoms with Gasteiger partial charge in [-0.2, -0.15) is 0 Å². The van der Waals surface area contributed by atoms with Crippen LogP contribution in [0.15, 0.2) is 48.7 Å². The molecule has 4 nitrogen and oxygen atoms in total. The van der Waals surface area contributed by atoms with Gasteiger partial charge in [0.15, 0.2) is 0 Å². The normalized spacial score (nSPS) is 10.7. The van der Waals surface area contributed by atoms with Gasteiger partial charge < -0.3 is 0 Å². The lowest BCUT2D eigenvalue weighted by Crippen LogP contribution is -1.96. The fourth-order valence-electron chi connectivity index (χ4n) is 2.42. The molecule has 0 saturated carbocycles. The average molecular weight is 414 g/mol. The largest absolute Gasteiger partial charge is 0.288 e. The number of hydrogen-bond acceptors (Lipinski definition) is 3. The first-order valence-electron chi connectivity index (χ1n) is 6.93. The lowest BCUT2D eigenvalue weighted by molar-refractivity contribution is -0.385. The summed E-state index contributed by atoms with van der Waals surface area (Å²) in [5.41, 5.74) is 1.41. The van der Waals surface area contributed by atoms with Crippen LogP contribution in [0.5, 0.6) is 0 Å². The van der Waals surface area contributed by atoms with Gasteiger partial charge in [-0.25, -0.2) is 4.98 Å². The number of nitro groups is 1. The summed E-state index contributed by atoms with van der Waals surface area (Å²) < 4.78 is 0. The van der Waals surface area contributed by atoms with Crippen LogP contribution in [-0.4, -0.2) is 9.91 Å². The lowest BCUT2D eigenvalue weighted by Gasteiger charge is -2.14. The minimum atomic E-state index is -0.542. The molecule has 8 heteroatoms. The molecule has 0 fully saturated rings. The molecule has 0 saturated heterocycles. The van der Waals surface area contributed by atoms with E-state index in [9.17, 15) is 10.1 Å². The molecule has 1 aromatic heterocycles. The van der Waals surface area contributed by atoms with E-state index in [1.807, 2.05) is 0 Å². The maximum Gasteiger partial charge on any atom is 0.288 e. The minimum absolute atomic E-state index is 0.196. The van der Waals surface area contributed by atoms with Gasteiger partial charge in [0, 0.05) is 32.8 Å². The van der Waals surface area contributed by atoms with Crippen LogP contribution in [0.3, 0.4) is 0 Å². The van der Waals surface area contributed by atoms with E-state index in [-0.39, 0.29) is 5.69 Å². The second-order valence-corrected chi connectivity index (χ2v) is 6.67. The van der Waals surface area contributed by atoms with Gasteiger partial charge in [-0.3, -0.25) is 10.1 Å². The molecule has 0 amide bonds. The summed E-state index contributed by atoms with van der Waals surface area (Å²) in [4.78, 5) is 14.9. The average Bonchev–Trinajstić information content (AvgIpc) is 2.55. The molecule has 3 aromatic rings. The zero-order valence-electron chi connectivity index (χ0n) is 12.3. The highest BCUT2D eigenvalue weighted by Crippen LogP contribution is 2.44. The second kappa shape index (κ2) is 7.18. The second-order valence-electron chi connectivity index (χ2n) is 5.04. The summed E-state index contributed by atoms with van der Waals surface area (Å²) in [5, 5.41) is 12.6. The van der Waals surface area contributed by atoms with Crippen molar-refractivity contribution in [3.8, 4) is 22.4 Å². The van der Waals surface area contributed by atoms with Crippen LogP contribution in [0.1, 0.15) is 0 Å². The third kappa shape index (κ3) is 3.44. The van der Waals surface area contributed by atoms with Gasteiger partial charge in [-0.1, -0.05) is 58.5 Å². The fourth-order valence-corrected chi connectivity index (χ4v) is 3.60. The minimum Gasteiger partial charge on any atom is -0.258 e. The number of halogens is 4. The van der Waals surface area contributed by atoms with E-state index in [1.165, 1.54) is 6.07 Å². The summed E-state index contributed by atoms with van der Waals surface area (Å²) in [7, 11) is 0. The summed E-state index contributed by atoms with van der Waals surface area (Å²) in [6.45, 7) is 0. The number of benzene rings is 2. The molecule has 1 heterocycles. The Morgan fingerprint density at radius 2 is 1.32 bits per heavy atom. The maximum atomic E-state index is 11.2. The molecular formula is C17H8Cl4N2O2. The van der Waals surface area contributed by atoms with E-state index in [4.69, 9.17) is 46.4 Å². The van der Waals surface area contributed by atoms with Crippen LogP contribution >= 0.6 is 46.4 Å². The van der Waals surface area contributed by atoms with Crippen LogP contribution in [-0.2, 0) is 0 Å². The monoisotopic (exact) mass is 412 g/mol. The van der Waals surface area contributed by atoms with E-state index in [0.29, 0.717) is 42.5 Å². The fraction of sp³-hybridized carbons (Fsp3) is 0. The third-order valence-corrected chi connectivity index (χ3v) is 4.78. The topological polar surface area (TPSA) is 56.0 Å². The molecular weight excluding hydrogens is 406 g/mol. The zero-order valence-corrected chi connectivity index (χ0v) is 15.4. The predicted molar refractivity (Wildman–Crippen MR) is 102 cm³/mol. The highest BCUT2D eigenvalue weighted by Gasteiger charge is 2.22. The third-order valence-electron chi connectivity index (χ3n) is 3.52. The Labute approximate surface area is 163 Å². The Bertz CT molecular complexity index is 952. The lowest BCUT2D eigenvalue weighted by atomic mass is 9.98. The molecule has 0 N–H and O–H groups in total. The van der Waals surface area contributed by atoms with Crippen molar-refractivity contribution in [2.24, 2.45) is 0 Å². The van der Waals surface area contributed by atoms with Gasteiger partial charge >= 0.3 is 0 Å². The van der Waals surface area contributed by atoms with Crippen molar-refractivity contribution >= 4 is 52.1 Å². The Morgan fingerprint density at radius 3 is 1.80 bits per heavy atom. The first kappa shape index (κ1) is 18.0. The summed E-state index contributed by atoms with van der Waals surface area (Å²) in [6, 6.07) is 11.3. The number of aromatic nitrogens is 1. The molecule has 0 atom stereocenters. The Kier molecular flexibility index (Phi) is 5.16. The first-order valence-corrected chi connectivity index (χ1v) is 8.44. The van der Waals surface area contributed by atoms with E-state index < -0.39 is 4.92 Å². The Morgan fingerprint density at radius 1 is 0.840 bits per heavy atom. The van der Waals surface area contributed by atoms with E-state index >= 15 is 0 Å². The predicted octanol–water partition coefficient (Wildman–Crippen LogP) is 6.94. The van der Waals surface area contributed by atoms with Crippen molar-refractivity contribution in [3.05, 3.63) is 78.9 Å². The molecule has 0 aliphatic rings. The molecule has 0 aliphatic heterocycles. The SMILES string of the molecule is O=[N+]([O-])c1cnc(-c2c(Cl)cccc2Cl)c(-c2c(Cl)cccc2Cl)c1. The number of rotatable bonds is 3. The van der Waals surface area contributed by atoms with Gasteiger partial charge in [-0.15, -0.1) is 0 Å². The van der Waals surface area contributed by atoms with Crippen molar-refractivity contribution in [2.75, 3.05) is 0 Å². The molecule has 126 valence electrons. The smallest absolute Gasteiger partial charge is 0.258 e. The zero-order chi connectivity index (χ0) is 18.1.